The van der Waals surface area contributed by atoms with E-state index >= 15 is 0 Å². The van der Waals surface area contributed by atoms with Gasteiger partial charge in [0.15, 0.2) is 0 Å². The van der Waals surface area contributed by atoms with E-state index in [-0.39, 0.29) is 11.9 Å². The average molecular weight is 514 g/mol. The quantitative estimate of drug-likeness (QED) is 0.424. The fraction of sp³-hybridized carbons (Fsp3) is 0.304. The van der Waals surface area contributed by atoms with Crippen LogP contribution in [0.1, 0.15) is 22.3 Å². The fourth-order valence-corrected chi connectivity index (χ4v) is 5.66. The molecule has 1 aliphatic heterocycles. The van der Waals surface area contributed by atoms with Crippen molar-refractivity contribution in [2.75, 3.05) is 38.2 Å². The molecule has 2 aromatic carbocycles. The Morgan fingerprint density at radius 2 is 1.72 bits per heavy atom. The van der Waals surface area contributed by atoms with Gasteiger partial charge in [-0.05, 0) is 48.9 Å². The summed E-state index contributed by atoms with van der Waals surface area (Å²) in [6.45, 7) is 5.39. The summed E-state index contributed by atoms with van der Waals surface area (Å²) in [5, 5.41) is 15.4. The Kier molecular flexibility index (Phi) is 5.79. The van der Waals surface area contributed by atoms with Gasteiger partial charge in [-0.1, -0.05) is 39.4 Å². The monoisotopic (exact) mass is 513 g/mol. The standard InChI is InChI=1S/C23H24BrN5O2S/c1-15-25-23-29(26-15)22(30)21(32-23)20(16-3-5-17(24)6-4-16)28-13-11-27(12-14-28)18-7-9-19(31-2)10-8-18/h3-10,20,30H,11-14H2,1-2H3. The number of hydrogen-bond donors (Lipinski definition) is 1. The van der Waals surface area contributed by atoms with E-state index in [4.69, 9.17) is 4.74 Å². The highest BCUT2D eigenvalue weighted by atomic mass is 79.9. The van der Waals surface area contributed by atoms with E-state index in [9.17, 15) is 5.11 Å². The predicted octanol–water partition coefficient (Wildman–Crippen LogP) is 4.49. The van der Waals surface area contributed by atoms with Crippen molar-refractivity contribution in [3.8, 4) is 11.6 Å². The number of aromatic nitrogens is 3. The summed E-state index contributed by atoms with van der Waals surface area (Å²) >= 11 is 5.04. The lowest BCUT2D eigenvalue weighted by Crippen LogP contribution is -2.47. The number of ether oxygens (including phenoxy) is 1. The van der Waals surface area contributed by atoms with Crippen LogP contribution >= 0.6 is 27.3 Å². The third-order valence-corrected chi connectivity index (χ3v) is 7.46. The second-order valence-corrected chi connectivity index (χ2v) is 9.74. The zero-order valence-corrected chi connectivity index (χ0v) is 20.3. The second-order valence-electron chi connectivity index (χ2n) is 7.82. The first-order valence-corrected chi connectivity index (χ1v) is 12.1. The lowest BCUT2D eigenvalue weighted by atomic mass is 10.0. The van der Waals surface area contributed by atoms with Gasteiger partial charge in [-0.25, -0.2) is 4.98 Å². The molecule has 0 amide bonds. The first-order valence-electron chi connectivity index (χ1n) is 10.5. The van der Waals surface area contributed by atoms with Crippen LogP contribution in [-0.2, 0) is 0 Å². The van der Waals surface area contributed by atoms with E-state index in [1.54, 1.807) is 11.6 Å². The van der Waals surface area contributed by atoms with Crippen molar-refractivity contribution in [2.45, 2.75) is 13.0 Å². The molecule has 5 rings (SSSR count). The van der Waals surface area contributed by atoms with E-state index in [2.05, 4.69) is 60.1 Å². The Labute approximate surface area is 199 Å². The lowest BCUT2D eigenvalue weighted by molar-refractivity contribution is 0.211. The Morgan fingerprint density at radius 3 is 2.34 bits per heavy atom. The lowest BCUT2D eigenvalue weighted by Gasteiger charge is -2.40. The molecule has 9 heteroatoms. The summed E-state index contributed by atoms with van der Waals surface area (Å²) < 4.78 is 7.87. The van der Waals surface area contributed by atoms with Gasteiger partial charge in [0.25, 0.3) is 0 Å². The minimum atomic E-state index is -0.0603. The number of aromatic hydroxyl groups is 1. The van der Waals surface area contributed by atoms with Crippen LogP contribution in [0.3, 0.4) is 0 Å². The first kappa shape index (κ1) is 21.2. The molecular weight excluding hydrogens is 490 g/mol. The van der Waals surface area contributed by atoms with Crippen molar-refractivity contribution in [3.63, 3.8) is 0 Å². The van der Waals surface area contributed by atoms with Crippen LogP contribution < -0.4 is 9.64 Å². The maximum atomic E-state index is 11.0. The van der Waals surface area contributed by atoms with Crippen LogP contribution in [0.15, 0.2) is 53.0 Å². The van der Waals surface area contributed by atoms with Crippen molar-refractivity contribution in [1.82, 2.24) is 19.5 Å². The maximum absolute atomic E-state index is 11.0. The largest absolute Gasteiger partial charge is 0.497 e. The molecule has 1 unspecified atom stereocenters. The predicted molar refractivity (Wildman–Crippen MR) is 130 cm³/mol. The SMILES string of the molecule is COc1ccc(N2CCN(C(c3ccc(Br)cc3)c3sc4nc(C)nn4c3O)CC2)cc1. The molecule has 0 spiro atoms. The van der Waals surface area contributed by atoms with Crippen molar-refractivity contribution < 1.29 is 9.84 Å². The van der Waals surface area contributed by atoms with E-state index in [0.29, 0.717) is 10.8 Å². The molecule has 7 nitrogen and oxygen atoms in total. The molecule has 166 valence electrons. The van der Waals surface area contributed by atoms with E-state index in [1.807, 2.05) is 31.2 Å². The smallest absolute Gasteiger partial charge is 0.230 e. The van der Waals surface area contributed by atoms with Crippen LogP contribution in [0.5, 0.6) is 11.6 Å². The second kappa shape index (κ2) is 8.73. The fourth-order valence-electron chi connectivity index (χ4n) is 4.23. The van der Waals surface area contributed by atoms with Crippen LogP contribution in [-0.4, -0.2) is 57.9 Å². The molecule has 2 aromatic heterocycles. The molecule has 3 heterocycles. The molecule has 32 heavy (non-hydrogen) atoms. The number of nitrogens with zero attached hydrogens (tertiary/aromatic N) is 5. The van der Waals surface area contributed by atoms with Crippen molar-refractivity contribution in [2.24, 2.45) is 0 Å². The van der Waals surface area contributed by atoms with Crippen molar-refractivity contribution in [3.05, 3.63) is 69.3 Å². The summed E-state index contributed by atoms with van der Waals surface area (Å²) in [4.78, 5) is 10.9. The minimum absolute atomic E-state index is 0.0603. The number of fused-ring (bicyclic) bond motifs is 1. The highest BCUT2D eigenvalue weighted by Crippen LogP contribution is 2.40. The highest BCUT2D eigenvalue weighted by Gasteiger charge is 2.31. The number of methoxy groups -OCH3 is 1. The summed E-state index contributed by atoms with van der Waals surface area (Å²) in [5.41, 5.74) is 2.34. The number of aryl methyl sites for hydroxylation is 1. The number of benzene rings is 2. The van der Waals surface area contributed by atoms with Gasteiger partial charge in [0.2, 0.25) is 10.8 Å². The van der Waals surface area contributed by atoms with Crippen LogP contribution in [0.4, 0.5) is 5.69 Å². The minimum Gasteiger partial charge on any atom is -0.497 e. The van der Waals surface area contributed by atoms with Gasteiger partial charge < -0.3 is 14.7 Å². The number of halogens is 1. The molecule has 0 bridgehead atoms. The molecule has 1 atom stereocenters. The molecule has 1 saturated heterocycles. The Morgan fingerprint density at radius 1 is 1.03 bits per heavy atom. The summed E-state index contributed by atoms with van der Waals surface area (Å²) in [5.74, 6) is 1.70. The molecular formula is C23H24BrN5O2S. The molecule has 1 fully saturated rings. The zero-order valence-electron chi connectivity index (χ0n) is 17.9. The molecule has 0 saturated carbocycles. The summed E-state index contributed by atoms with van der Waals surface area (Å²) in [6, 6.07) is 16.5. The number of thiazole rings is 1. The number of rotatable bonds is 5. The molecule has 4 aromatic rings. The zero-order chi connectivity index (χ0) is 22.2. The highest BCUT2D eigenvalue weighted by molar-refractivity contribution is 9.10. The topological polar surface area (TPSA) is 66.1 Å². The Balaban J connectivity index is 1.44. The van der Waals surface area contributed by atoms with Crippen LogP contribution in [0.2, 0.25) is 0 Å². The van der Waals surface area contributed by atoms with Crippen molar-refractivity contribution in [1.29, 1.82) is 0 Å². The summed E-state index contributed by atoms with van der Waals surface area (Å²) in [7, 11) is 1.68. The van der Waals surface area contributed by atoms with Crippen LogP contribution in [0.25, 0.3) is 4.96 Å². The van der Waals surface area contributed by atoms with Gasteiger partial charge in [-0.15, -0.1) is 5.10 Å². The number of piperazine rings is 1. The third-order valence-electron chi connectivity index (χ3n) is 5.86. The molecule has 1 aliphatic rings. The normalized spacial score (nSPS) is 15.9. The number of anilines is 1. The van der Waals surface area contributed by atoms with E-state index in [1.165, 1.54) is 17.0 Å². The van der Waals surface area contributed by atoms with Crippen molar-refractivity contribution >= 4 is 37.9 Å². The van der Waals surface area contributed by atoms with Crippen LogP contribution in [0, 0.1) is 6.92 Å². The van der Waals surface area contributed by atoms with Gasteiger partial charge in [-0.3, -0.25) is 4.90 Å². The van der Waals surface area contributed by atoms with Gasteiger partial charge in [0, 0.05) is 36.3 Å². The van der Waals surface area contributed by atoms with Gasteiger partial charge in [0.05, 0.1) is 18.0 Å². The van der Waals surface area contributed by atoms with Gasteiger partial charge in [-0.2, -0.15) is 4.52 Å². The molecule has 1 N–H and O–H groups in total. The first-order chi connectivity index (χ1) is 15.5. The Bertz CT molecular complexity index is 1210. The molecule has 0 radical (unpaired) electrons. The van der Waals surface area contributed by atoms with Gasteiger partial charge in [0.1, 0.15) is 11.6 Å². The third kappa shape index (κ3) is 3.96. The van der Waals surface area contributed by atoms with Gasteiger partial charge >= 0.3 is 0 Å². The summed E-state index contributed by atoms with van der Waals surface area (Å²) in [6.07, 6.45) is 0. The van der Waals surface area contributed by atoms with E-state index in [0.717, 1.165) is 46.8 Å². The van der Waals surface area contributed by atoms with E-state index < -0.39 is 0 Å². The maximum Gasteiger partial charge on any atom is 0.230 e. The average Bonchev–Trinajstić information content (AvgIpc) is 3.33. The number of hydrogen-bond acceptors (Lipinski definition) is 7. The Hall–Kier alpha value is -2.62. The molecule has 0 aliphatic carbocycles.